The maximum Gasteiger partial charge on any atom is 0.293 e. The third-order valence-electron chi connectivity index (χ3n) is 4.89. The fourth-order valence-electron chi connectivity index (χ4n) is 3.18. The smallest absolute Gasteiger partial charge is 0.293 e. The summed E-state index contributed by atoms with van der Waals surface area (Å²) in [4.78, 5) is 38.3. The molecule has 3 aromatic heterocycles. The van der Waals surface area contributed by atoms with Gasteiger partial charge in [0.05, 0.1) is 43.8 Å². The number of fused-ring (bicyclic) bond motifs is 1. The number of rotatable bonds is 12. The first-order chi connectivity index (χ1) is 16.4. The quantitative estimate of drug-likeness (QED) is 0.333. The summed E-state index contributed by atoms with van der Waals surface area (Å²) in [5, 5.41) is 14.7. The monoisotopic (exact) mass is 470 g/mol. The molecule has 3 N–H and O–H groups in total. The van der Waals surface area contributed by atoms with Gasteiger partial charge in [0.15, 0.2) is 5.82 Å². The zero-order chi connectivity index (χ0) is 24.5. The van der Waals surface area contributed by atoms with Crippen molar-refractivity contribution in [2.45, 2.75) is 32.9 Å². The van der Waals surface area contributed by atoms with E-state index in [-0.39, 0.29) is 30.4 Å². The molecule has 182 valence electrons. The molecule has 34 heavy (non-hydrogen) atoms. The number of aliphatic hydroxyl groups is 1. The highest BCUT2D eigenvalue weighted by molar-refractivity contribution is 5.82. The average molecular weight is 471 g/mol. The number of pyridine rings is 2. The molecule has 3 rings (SSSR count). The first-order valence-corrected chi connectivity index (χ1v) is 11.1. The van der Waals surface area contributed by atoms with Gasteiger partial charge in [-0.2, -0.15) is 0 Å². The molecule has 0 saturated carbocycles. The number of methoxy groups -OCH3 is 1. The van der Waals surface area contributed by atoms with Gasteiger partial charge in [-0.25, -0.2) is 9.97 Å². The van der Waals surface area contributed by atoms with Gasteiger partial charge in [-0.3, -0.25) is 14.6 Å². The van der Waals surface area contributed by atoms with Crippen molar-refractivity contribution in [3.8, 4) is 17.1 Å². The van der Waals surface area contributed by atoms with Gasteiger partial charge in [-0.1, -0.05) is 6.92 Å². The molecule has 0 aliphatic carbocycles. The summed E-state index contributed by atoms with van der Waals surface area (Å²) in [6.45, 7) is 4.80. The molecule has 0 fully saturated rings. The molecule has 1 amide bonds. The normalized spacial score (nSPS) is 11.9. The standard InChI is InChI=1S/C23H30N6O5/c1-4-8-34-9-7-29-19-10-17(16-5-6-21(33-3)26-12-16)24-13-18(19)28-22(23(29)32)27-14-20(31)25-11-15(2)30/h5-6,10,12-13,15,30H,4,7-9,11,14H2,1-3H3,(H,25,31)(H,27,28)/t15-/m0/s1. The van der Waals surface area contributed by atoms with Crippen LogP contribution >= 0.6 is 0 Å². The number of amides is 1. The number of carbonyl (C=O) groups excluding carboxylic acids is 1. The van der Waals surface area contributed by atoms with E-state index < -0.39 is 6.10 Å². The summed E-state index contributed by atoms with van der Waals surface area (Å²) in [6, 6.07) is 5.36. The van der Waals surface area contributed by atoms with Crippen molar-refractivity contribution in [1.29, 1.82) is 0 Å². The van der Waals surface area contributed by atoms with Gasteiger partial charge in [-0.15, -0.1) is 0 Å². The fraction of sp³-hybridized carbons (Fsp3) is 0.435. The number of aliphatic hydroxyl groups excluding tert-OH is 1. The molecule has 0 spiro atoms. The lowest BCUT2D eigenvalue weighted by molar-refractivity contribution is -0.119. The van der Waals surface area contributed by atoms with Crippen molar-refractivity contribution in [3.63, 3.8) is 0 Å². The molecule has 0 aliphatic rings. The summed E-state index contributed by atoms with van der Waals surface area (Å²) in [5.74, 6) is 0.167. The molecule has 1 atom stereocenters. The Hall–Kier alpha value is -3.57. The van der Waals surface area contributed by atoms with Crippen LogP contribution in [0.5, 0.6) is 5.88 Å². The van der Waals surface area contributed by atoms with Gasteiger partial charge in [0, 0.05) is 37.5 Å². The van der Waals surface area contributed by atoms with Gasteiger partial charge in [-0.05, 0) is 25.5 Å². The Morgan fingerprint density at radius 3 is 2.74 bits per heavy atom. The zero-order valence-electron chi connectivity index (χ0n) is 19.6. The van der Waals surface area contributed by atoms with E-state index in [4.69, 9.17) is 9.47 Å². The van der Waals surface area contributed by atoms with E-state index in [9.17, 15) is 14.7 Å². The van der Waals surface area contributed by atoms with E-state index in [2.05, 4.69) is 25.6 Å². The van der Waals surface area contributed by atoms with E-state index in [1.54, 1.807) is 43.1 Å². The predicted octanol–water partition coefficient (Wildman–Crippen LogP) is 1.20. The minimum Gasteiger partial charge on any atom is -0.481 e. The molecule has 11 heteroatoms. The van der Waals surface area contributed by atoms with Gasteiger partial charge in [0.1, 0.15) is 5.52 Å². The highest BCUT2D eigenvalue weighted by Gasteiger charge is 2.14. The number of hydrogen-bond acceptors (Lipinski definition) is 9. The highest BCUT2D eigenvalue weighted by Crippen LogP contribution is 2.22. The van der Waals surface area contributed by atoms with E-state index in [1.165, 1.54) is 0 Å². The van der Waals surface area contributed by atoms with E-state index in [0.29, 0.717) is 42.4 Å². The van der Waals surface area contributed by atoms with Crippen LogP contribution in [0.25, 0.3) is 22.3 Å². The first-order valence-electron chi connectivity index (χ1n) is 11.1. The molecular formula is C23H30N6O5. The van der Waals surface area contributed by atoms with Gasteiger partial charge < -0.3 is 29.8 Å². The molecular weight excluding hydrogens is 440 g/mol. The molecule has 0 radical (unpaired) electrons. The number of hydrogen-bond donors (Lipinski definition) is 3. The van der Waals surface area contributed by atoms with Crippen LogP contribution in [0.15, 0.2) is 35.4 Å². The first kappa shape index (κ1) is 25.1. The minimum absolute atomic E-state index is 0.0378. The van der Waals surface area contributed by atoms with Crippen molar-refractivity contribution in [1.82, 2.24) is 24.8 Å². The lowest BCUT2D eigenvalue weighted by Crippen LogP contribution is -2.36. The zero-order valence-corrected chi connectivity index (χ0v) is 19.6. The molecule has 0 aliphatic heterocycles. The van der Waals surface area contributed by atoms with Gasteiger partial charge in [0.25, 0.3) is 5.56 Å². The molecule has 3 heterocycles. The molecule has 0 unspecified atom stereocenters. The van der Waals surface area contributed by atoms with Crippen LogP contribution in [0, 0.1) is 0 Å². The molecule has 11 nitrogen and oxygen atoms in total. The number of aromatic nitrogens is 4. The summed E-state index contributed by atoms with van der Waals surface area (Å²) in [7, 11) is 1.55. The SMILES string of the molecule is CCCOCCn1c(=O)c(NCC(=O)NC[C@H](C)O)nc2cnc(-c3ccc(OC)nc3)cc21. The average Bonchev–Trinajstić information content (AvgIpc) is 2.85. The predicted molar refractivity (Wildman–Crippen MR) is 128 cm³/mol. The second-order valence-electron chi connectivity index (χ2n) is 7.68. The van der Waals surface area contributed by atoms with Crippen LogP contribution < -0.4 is 20.9 Å². The van der Waals surface area contributed by atoms with Gasteiger partial charge >= 0.3 is 0 Å². The second kappa shape index (κ2) is 12.1. The number of ether oxygens (including phenoxy) is 2. The summed E-state index contributed by atoms with van der Waals surface area (Å²) < 4.78 is 12.3. The number of anilines is 1. The Morgan fingerprint density at radius 2 is 2.06 bits per heavy atom. The lowest BCUT2D eigenvalue weighted by atomic mass is 10.2. The maximum absolute atomic E-state index is 13.2. The molecule has 0 bridgehead atoms. The molecule has 0 saturated heterocycles. The summed E-state index contributed by atoms with van der Waals surface area (Å²) in [6.07, 6.45) is 3.44. The minimum atomic E-state index is -0.663. The second-order valence-corrected chi connectivity index (χ2v) is 7.68. The number of nitrogens with zero attached hydrogens (tertiary/aromatic N) is 4. The lowest BCUT2D eigenvalue weighted by Gasteiger charge is -2.14. The Labute approximate surface area is 197 Å². The van der Waals surface area contributed by atoms with E-state index >= 15 is 0 Å². The third-order valence-corrected chi connectivity index (χ3v) is 4.89. The van der Waals surface area contributed by atoms with Crippen molar-refractivity contribution in [2.24, 2.45) is 0 Å². The van der Waals surface area contributed by atoms with Gasteiger partial charge in [0.2, 0.25) is 11.8 Å². The van der Waals surface area contributed by atoms with Crippen LogP contribution in [0.1, 0.15) is 20.3 Å². The number of carbonyl (C=O) groups is 1. The largest absolute Gasteiger partial charge is 0.481 e. The van der Waals surface area contributed by atoms with E-state index in [0.717, 1.165) is 12.0 Å². The van der Waals surface area contributed by atoms with Crippen LogP contribution in [-0.4, -0.2) is 70.0 Å². The Kier molecular flexibility index (Phi) is 8.88. The van der Waals surface area contributed by atoms with Crippen molar-refractivity contribution in [3.05, 3.63) is 40.9 Å². The Bertz CT molecular complexity index is 1160. The van der Waals surface area contributed by atoms with Crippen molar-refractivity contribution in [2.75, 3.05) is 38.7 Å². The third kappa shape index (κ3) is 6.49. The van der Waals surface area contributed by atoms with Crippen molar-refractivity contribution >= 4 is 22.8 Å². The van der Waals surface area contributed by atoms with Crippen LogP contribution in [0.2, 0.25) is 0 Å². The van der Waals surface area contributed by atoms with Crippen molar-refractivity contribution < 1.29 is 19.4 Å². The van der Waals surface area contributed by atoms with Crippen LogP contribution in [0.4, 0.5) is 5.82 Å². The molecule has 3 aromatic rings. The highest BCUT2D eigenvalue weighted by atomic mass is 16.5. The fourth-order valence-corrected chi connectivity index (χ4v) is 3.18. The summed E-state index contributed by atoms with van der Waals surface area (Å²) in [5.41, 5.74) is 2.11. The summed E-state index contributed by atoms with van der Waals surface area (Å²) >= 11 is 0. The van der Waals surface area contributed by atoms with Crippen LogP contribution in [-0.2, 0) is 16.1 Å². The number of nitrogens with one attached hydrogen (secondary N) is 2. The Balaban J connectivity index is 1.93. The van der Waals surface area contributed by atoms with Crippen LogP contribution in [0.3, 0.4) is 0 Å². The topological polar surface area (TPSA) is 140 Å². The Morgan fingerprint density at radius 1 is 1.24 bits per heavy atom. The molecule has 0 aromatic carbocycles. The van der Waals surface area contributed by atoms with E-state index in [1.807, 2.05) is 13.0 Å². The maximum atomic E-state index is 13.2.